The number of carbonyl (C=O) groups is 4. The minimum absolute atomic E-state index is 0.0959. The van der Waals surface area contributed by atoms with Crippen molar-refractivity contribution in [3.05, 3.63) is 101 Å². The van der Waals surface area contributed by atoms with E-state index < -0.39 is 35.8 Å². The van der Waals surface area contributed by atoms with Gasteiger partial charge in [-0.05, 0) is 42.9 Å². The Kier molecular flexibility index (Phi) is 10.4. The number of ether oxygens (including phenoxy) is 2. The van der Waals surface area contributed by atoms with Crippen molar-refractivity contribution in [2.75, 3.05) is 13.2 Å². The molecule has 9 heteroatoms. The Labute approximate surface area is 233 Å². The SMILES string of the molecule is O=C1N[C@@H](Cc2ccccc2)C(=O)OCCCCCCOC(=O)[C@@H](Cc2ccccc2)NC(=O)c2cncc1c2. The Morgan fingerprint density at radius 3 is 1.48 bits per heavy atom. The average Bonchev–Trinajstić information content (AvgIpc) is 2.98. The van der Waals surface area contributed by atoms with E-state index in [2.05, 4.69) is 15.6 Å². The maximum absolute atomic E-state index is 13.2. The monoisotopic (exact) mass is 543 g/mol. The van der Waals surface area contributed by atoms with Crippen LogP contribution in [0.15, 0.2) is 79.1 Å². The van der Waals surface area contributed by atoms with Crippen LogP contribution < -0.4 is 10.6 Å². The summed E-state index contributed by atoms with van der Waals surface area (Å²) in [5, 5.41) is 5.48. The van der Waals surface area contributed by atoms with Gasteiger partial charge in [-0.3, -0.25) is 14.6 Å². The molecule has 0 spiro atoms. The zero-order valence-corrected chi connectivity index (χ0v) is 22.2. The van der Waals surface area contributed by atoms with E-state index in [4.69, 9.17) is 9.47 Å². The highest BCUT2D eigenvalue weighted by Crippen LogP contribution is 2.11. The van der Waals surface area contributed by atoms with Gasteiger partial charge in [-0.2, -0.15) is 0 Å². The first-order valence-electron chi connectivity index (χ1n) is 13.5. The normalized spacial score (nSPS) is 19.6. The summed E-state index contributed by atoms with van der Waals surface area (Å²) in [6.07, 6.45) is 5.98. The molecule has 1 aliphatic rings. The predicted molar refractivity (Wildman–Crippen MR) is 147 cm³/mol. The van der Waals surface area contributed by atoms with Crippen molar-refractivity contribution in [3.63, 3.8) is 0 Å². The summed E-state index contributed by atoms with van der Waals surface area (Å²) in [7, 11) is 0. The van der Waals surface area contributed by atoms with E-state index in [-0.39, 0.29) is 37.2 Å². The molecule has 0 saturated carbocycles. The highest BCUT2D eigenvalue weighted by Gasteiger charge is 2.26. The molecule has 40 heavy (non-hydrogen) atoms. The Hall–Kier alpha value is -4.53. The second-order valence-corrected chi connectivity index (χ2v) is 9.64. The number of amides is 2. The van der Waals surface area contributed by atoms with Gasteiger partial charge in [-0.15, -0.1) is 0 Å². The Balaban J connectivity index is 1.56. The molecule has 3 aromatic rings. The van der Waals surface area contributed by atoms with Crippen LogP contribution in [0, 0.1) is 0 Å². The lowest BCUT2D eigenvalue weighted by Crippen LogP contribution is -2.44. The third-order valence-electron chi connectivity index (χ3n) is 6.53. The van der Waals surface area contributed by atoms with Gasteiger partial charge in [-0.1, -0.05) is 60.7 Å². The average molecular weight is 544 g/mol. The summed E-state index contributed by atoms with van der Waals surface area (Å²) in [5.74, 6) is -2.21. The van der Waals surface area contributed by atoms with Gasteiger partial charge < -0.3 is 20.1 Å². The molecular weight excluding hydrogens is 510 g/mol. The first kappa shape index (κ1) is 28.5. The van der Waals surface area contributed by atoms with Crippen molar-refractivity contribution in [1.82, 2.24) is 15.6 Å². The van der Waals surface area contributed by atoms with Crippen LogP contribution in [0.5, 0.6) is 0 Å². The molecule has 2 bridgehead atoms. The van der Waals surface area contributed by atoms with Gasteiger partial charge >= 0.3 is 11.9 Å². The number of pyridine rings is 1. The number of nitrogens with one attached hydrogen (secondary N) is 2. The number of rotatable bonds is 4. The second kappa shape index (κ2) is 14.6. The van der Waals surface area contributed by atoms with E-state index in [0.29, 0.717) is 12.8 Å². The Bertz CT molecular complexity index is 1200. The lowest BCUT2D eigenvalue weighted by molar-refractivity contribution is -0.147. The highest BCUT2D eigenvalue weighted by atomic mass is 16.5. The summed E-state index contributed by atoms with van der Waals surface area (Å²) >= 11 is 0. The molecular formula is C31H33N3O6. The van der Waals surface area contributed by atoms with Crippen molar-refractivity contribution < 1.29 is 28.7 Å². The largest absolute Gasteiger partial charge is 0.464 e. The minimum atomic E-state index is -0.921. The van der Waals surface area contributed by atoms with Crippen LogP contribution in [0.1, 0.15) is 57.5 Å². The Morgan fingerprint density at radius 1 is 0.625 bits per heavy atom. The van der Waals surface area contributed by atoms with Crippen LogP contribution >= 0.6 is 0 Å². The molecule has 0 aliphatic carbocycles. The molecule has 1 aromatic heterocycles. The van der Waals surface area contributed by atoms with E-state index in [1.165, 1.54) is 18.5 Å². The van der Waals surface area contributed by atoms with Gasteiger partial charge in [0, 0.05) is 25.2 Å². The summed E-state index contributed by atoms with van der Waals surface area (Å²) in [5.41, 5.74) is 1.92. The number of hydrogen-bond acceptors (Lipinski definition) is 7. The zero-order chi connectivity index (χ0) is 28.2. The molecule has 2 aromatic carbocycles. The number of nitrogens with zero attached hydrogens (tertiary/aromatic N) is 1. The van der Waals surface area contributed by atoms with E-state index in [1.807, 2.05) is 60.7 Å². The van der Waals surface area contributed by atoms with Gasteiger partial charge in [0.25, 0.3) is 11.8 Å². The van der Waals surface area contributed by atoms with Crippen molar-refractivity contribution >= 4 is 23.8 Å². The van der Waals surface area contributed by atoms with Crippen LogP contribution in [0.2, 0.25) is 0 Å². The fourth-order valence-electron chi connectivity index (χ4n) is 4.36. The number of carbonyl (C=O) groups excluding carboxylic acids is 4. The molecule has 2 N–H and O–H groups in total. The molecule has 0 unspecified atom stereocenters. The van der Waals surface area contributed by atoms with Gasteiger partial charge in [0.05, 0.1) is 24.3 Å². The summed E-state index contributed by atoms with van der Waals surface area (Å²) < 4.78 is 11.0. The second-order valence-electron chi connectivity index (χ2n) is 9.64. The third kappa shape index (κ3) is 8.49. The smallest absolute Gasteiger partial charge is 0.328 e. The van der Waals surface area contributed by atoms with Crippen LogP contribution in [0.25, 0.3) is 0 Å². The number of cyclic esters (lactones) is 2. The van der Waals surface area contributed by atoms with Crippen molar-refractivity contribution in [1.29, 1.82) is 0 Å². The maximum Gasteiger partial charge on any atom is 0.328 e. The van der Waals surface area contributed by atoms with Crippen molar-refractivity contribution in [2.24, 2.45) is 0 Å². The molecule has 2 amide bonds. The molecule has 0 saturated heterocycles. The fraction of sp³-hybridized carbons (Fsp3) is 0.323. The molecule has 4 rings (SSSR count). The van der Waals surface area contributed by atoms with E-state index in [0.717, 1.165) is 24.0 Å². The molecule has 9 nitrogen and oxygen atoms in total. The zero-order valence-electron chi connectivity index (χ0n) is 22.2. The molecule has 208 valence electrons. The molecule has 1 aliphatic heterocycles. The topological polar surface area (TPSA) is 124 Å². The van der Waals surface area contributed by atoms with Crippen molar-refractivity contribution in [2.45, 2.75) is 50.6 Å². The molecule has 0 fully saturated rings. The summed E-state index contributed by atoms with van der Waals surface area (Å²) in [6, 6.07) is 18.2. The van der Waals surface area contributed by atoms with Gasteiger partial charge in [0.15, 0.2) is 0 Å². The van der Waals surface area contributed by atoms with Crippen LogP contribution in [-0.4, -0.2) is 54.0 Å². The third-order valence-corrected chi connectivity index (χ3v) is 6.53. The van der Waals surface area contributed by atoms with Crippen molar-refractivity contribution in [3.8, 4) is 0 Å². The molecule has 2 heterocycles. The van der Waals surface area contributed by atoms with Gasteiger partial charge in [0.2, 0.25) is 0 Å². The summed E-state index contributed by atoms with van der Waals surface area (Å²) in [4.78, 5) is 56.2. The van der Waals surface area contributed by atoms with Gasteiger partial charge in [-0.25, -0.2) is 9.59 Å². The molecule has 0 radical (unpaired) electrons. The highest BCUT2D eigenvalue weighted by molar-refractivity contribution is 6.01. The van der Waals surface area contributed by atoms with Crippen LogP contribution in [-0.2, 0) is 31.9 Å². The minimum Gasteiger partial charge on any atom is -0.464 e. The number of benzene rings is 2. The Morgan fingerprint density at radius 2 is 1.05 bits per heavy atom. The number of esters is 2. The summed E-state index contributed by atoms with van der Waals surface area (Å²) in [6.45, 7) is 0.433. The van der Waals surface area contributed by atoms with Crippen LogP contribution in [0.4, 0.5) is 0 Å². The lowest BCUT2D eigenvalue weighted by atomic mass is 10.0. The number of fused-ring (bicyclic) bond motifs is 2. The lowest BCUT2D eigenvalue weighted by Gasteiger charge is -2.19. The predicted octanol–water partition coefficient (Wildman–Crippen LogP) is 3.42. The quantitative estimate of drug-likeness (QED) is 0.483. The van der Waals surface area contributed by atoms with E-state index in [1.54, 1.807) is 0 Å². The van der Waals surface area contributed by atoms with E-state index >= 15 is 0 Å². The standard InChI is InChI=1S/C31H33N3O6/c35-28-24-19-25(21-32-20-24)29(36)34-27(18-23-13-7-4-8-14-23)31(38)40-16-10-2-1-9-15-39-30(37)26(33-28)17-22-11-5-3-6-12-22/h3-8,11-14,19-21,26-27H,1-2,9-10,15-18H2,(H,33,35)(H,34,36)/t26-,27+. The van der Waals surface area contributed by atoms with Gasteiger partial charge in [0.1, 0.15) is 12.1 Å². The molecule has 2 atom stereocenters. The fourth-order valence-corrected chi connectivity index (χ4v) is 4.36. The first-order chi connectivity index (χ1) is 19.5. The first-order valence-corrected chi connectivity index (χ1v) is 13.5. The van der Waals surface area contributed by atoms with E-state index in [9.17, 15) is 19.2 Å². The number of aromatic nitrogens is 1. The van der Waals surface area contributed by atoms with Crippen LogP contribution in [0.3, 0.4) is 0 Å². The number of hydrogen-bond donors (Lipinski definition) is 2. The maximum atomic E-state index is 13.2.